The third-order valence-electron chi connectivity index (χ3n) is 2.90. The van der Waals surface area contributed by atoms with Crippen molar-refractivity contribution in [2.75, 3.05) is 0 Å². The lowest BCUT2D eigenvalue weighted by molar-refractivity contribution is -0.139. The van der Waals surface area contributed by atoms with E-state index in [1.165, 1.54) is 0 Å². The van der Waals surface area contributed by atoms with Crippen molar-refractivity contribution >= 4 is 27.9 Å². The highest BCUT2D eigenvalue weighted by Gasteiger charge is 2.19. The molecule has 20 heavy (non-hydrogen) atoms. The molecule has 0 heterocycles. The molecule has 0 bridgehead atoms. The molecule has 6 heteroatoms. The van der Waals surface area contributed by atoms with Crippen molar-refractivity contribution in [2.45, 2.75) is 38.8 Å². The summed E-state index contributed by atoms with van der Waals surface area (Å²) in [5.41, 5.74) is 0.950. The van der Waals surface area contributed by atoms with Gasteiger partial charge in [0.05, 0.1) is 6.04 Å². The van der Waals surface area contributed by atoms with Crippen LogP contribution in [0.5, 0.6) is 0 Å². The second-order valence-corrected chi connectivity index (χ2v) is 5.49. The Bertz CT molecular complexity index is 462. The summed E-state index contributed by atoms with van der Waals surface area (Å²) >= 11 is 3.35. The molecular weight excluding hydrogens is 324 g/mol. The van der Waals surface area contributed by atoms with Gasteiger partial charge in [0.2, 0.25) is 0 Å². The van der Waals surface area contributed by atoms with Crippen LogP contribution in [0.25, 0.3) is 0 Å². The Morgan fingerprint density at radius 3 is 2.35 bits per heavy atom. The first-order valence-electron chi connectivity index (χ1n) is 6.49. The molecule has 1 rings (SSSR count). The van der Waals surface area contributed by atoms with Gasteiger partial charge in [0, 0.05) is 4.47 Å². The number of rotatable bonds is 6. The molecule has 0 saturated heterocycles. The van der Waals surface area contributed by atoms with E-state index < -0.39 is 18.0 Å². The highest BCUT2D eigenvalue weighted by Crippen LogP contribution is 2.16. The highest BCUT2D eigenvalue weighted by atomic mass is 79.9. The van der Waals surface area contributed by atoms with Gasteiger partial charge in [-0.1, -0.05) is 41.4 Å². The van der Waals surface area contributed by atoms with Crippen LogP contribution >= 0.6 is 15.9 Å². The number of hydrogen-bond donors (Lipinski definition) is 3. The fraction of sp³-hybridized carbons (Fsp3) is 0.429. The number of hydrogen-bond acceptors (Lipinski definition) is 2. The predicted octanol–water partition coefficient (Wildman–Crippen LogP) is 3.06. The molecule has 110 valence electrons. The van der Waals surface area contributed by atoms with E-state index >= 15 is 0 Å². The maximum absolute atomic E-state index is 11.8. The van der Waals surface area contributed by atoms with Gasteiger partial charge >= 0.3 is 12.0 Å². The van der Waals surface area contributed by atoms with E-state index in [-0.39, 0.29) is 6.04 Å². The molecule has 0 aromatic heterocycles. The largest absolute Gasteiger partial charge is 0.480 e. The van der Waals surface area contributed by atoms with Gasteiger partial charge in [-0.25, -0.2) is 9.59 Å². The van der Waals surface area contributed by atoms with Crippen LogP contribution in [0, 0.1) is 0 Å². The molecule has 2 unspecified atom stereocenters. The minimum atomic E-state index is -1.02. The molecule has 0 aliphatic rings. The van der Waals surface area contributed by atoms with Crippen LogP contribution in [0.15, 0.2) is 28.7 Å². The monoisotopic (exact) mass is 342 g/mol. The lowest BCUT2D eigenvalue weighted by Gasteiger charge is -2.18. The Morgan fingerprint density at radius 2 is 1.85 bits per heavy atom. The summed E-state index contributed by atoms with van der Waals surface area (Å²) in [6.07, 6.45) is 1.11. The third kappa shape index (κ3) is 5.21. The van der Waals surface area contributed by atoms with Gasteiger partial charge in [-0.2, -0.15) is 0 Å². The average molecular weight is 343 g/mol. The standard InChI is InChI=1S/C14H19BrN2O3/c1-3-4-12(13(18)19)17-14(20)16-9(2)10-5-7-11(15)8-6-10/h5-9,12H,3-4H2,1-2H3,(H,18,19)(H2,16,17,20). The number of urea groups is 1. The second kappa shape index (κ2) is 7.89. The molecule has 2 atom stereocenters. The first-order valence-corrected chi connectivity index (χ1v) is 7.28. The van der Waals surface area contributed by atoms with Crippen molar-refractivity contribution in [3.63, 3.8) is 0 Å². The number of carboxylic acids is 1. The SMILES string of the molecule is CCCC(NC(=O)NC(C)c1ccc(Br)cc1)C(=O)O. The molecule has 2 amide bonds. The van der Waals surface area contributed by atoms with Gasteiger partial charge in [-0.3, -0.25) is 0 Å². The zero-order valence-corrected chi connectivity index (χ0v) is 13.1. The van der Waals surface area contributed by atoms with Crippen LogP contribution in [0.2, 0.25) is 0 Å². The van der Waals surface area contributed by atoms with Gasteiger partial charge in [0.1, 0.15) is 6.04 Å². The number of benzene rings is 1. The zero-order valence-electron chi connectivity index (χ0n) is 11.5. The summed E-state index contributed by atoms with van der Waals surface area (Å²) in [5.74, 6) is -1.02. The topological polar surface area (TPSA) is 78.4 Å². The number of carbonyl (C=O) groups excluding carboxylic acids is 1. The summed E-state index contributed by atoms with van der Waals surface area (Å²) in [4.78, 5) is 22.8. The molecule has 1 aromatic rings. The van der Waals surface area contributed by atoms with Crippen LogP contribution in [0.4, 0.5) is 4.79 Å². The number of nitrogens with one attached hydrogen (secondary N) is 2. The molecule has 0 saturated carbocycles. The van der Waals surface area contributed by atoms with Crippen LogP contribution in [0.1, 0.15) is 38.3 Å². The van der Waals surface area contributed by atoms with Gasteiger partial charge in [0.25, 0.3) is 0 Å². The molecule has 0 aliphatic heterocycles. The summed E-state index contributed by atoms with van der Waals surface area (Å²) in [7, 11) is 0. The third-order valence-corrected chi connectivity index (χ3v) is 3.43. The molecule has 3 N–H and O–H groups in total. The summed E-state index contributed by atoms with van der Waals surface area (Å²) in [5, 5.41) is 14.2. The first-order chi connectivity index (χ1) is 9.43. The van der Waals surface area contributed by atoms with Gasteiger partial charge in [0.15, 0.2) is 0 Å². The van der Waals surface area contributed by atoms with Crippen molar-refractivity contribution in [2.24, 2.45) is 0 Å². The number of halogens is 1. The van der Waals surface area contributed by atoms with Crippen molar-refractivity contribution < 1.29 is 14.7 Å². The second-order valence-electron chi connectivity index (χ2n) is 4.57. The van der Waals surface area contributed by atoms with E-state index in [2.05, 4.69) is 26.6 Å². The lowest BCUT2D eigenvalue weighted by Crippen LogP contribution is -2.46. The fourth-order valence-corrected chi connectivity index (χ4v) is 2.04. The molecule has 0 fully saturated rings. The molecular formula is C14H19BrN2O3. The van der Waals surface area contributed by atoms with Crippen molar-refractivity contribution in [1.82, 2.24) is 10.6 Å². The van der Waals surface area contributed by atoms with E-state index in [4.69, 9.17) is 5.11 Å². The van der Waals surface area contributed by atoms with Gasteiger partial charge in [-0.15, -0.1) is 0 Å². The normalized spacial score (nSPS) is 13.3. The molecule has 0 radical (unpaired) electrons. The van der Waals surface area contributed by atoms with E-state index in [1.54, 1.807) is 0 Å². The van der Waals surface area contributed by atoms with Gasteiger partial charge in [-0.05, 0) is 31.0 Å². The van der Waals surface area contributed by atoms with E-state index in [0.717, 1.165) is 10.0 Å². The molecule has 0 aliphatic carbocycles. The summed E-state index contributed by atoms with van der Waals surface area (Å²) in [6.45, 7) is 3.72. The zero-order chi connectivity index (χ0) is 15.1. The number of aliphatic carboxylic acids is 1. The summed E-state index contributed by atoms with van der Waals surface area (Å²) in [6, 6.07) is 6.06. The minimum absolute atomic E-state index is 0.195. The Hall–Kier alpha value is -1.56. The fourth-order valence-electron chi connectivity index (χ4n) is 1.78. The number of carboxylic acid groups (broad SMARTS) is 1. The smallest absolute Gasteiger partial charge is 0.326 e. The predicted molar refractivity (Wildman–Crippen MR) is 80.6 cm³/mol. The van der Waals surface area contributed by atoms with Crippen LogP contribution in [-0.4, -0.2) is 23.1 Å². The van der Waals surface area contributed by atoms with Crippen LogP contribution in [0.3, 0.4) is 0 Å². The Kier molecular flexibility index (Phi) is 6.51. The molecule has 1 aromatic carbocycles. The minimum Gasteiger partial charge on any atom is -0.480 e. The van der Waals surface area contributed by atoms with Crippen molar-refractivity contribution in [3.8, 4) is 0 Å². The maximum Gasteiger partial charge on any atom is 0.326 e. The Morgan fingerprint density at radius 1 is 1.25 bits per heavy atom. The molecule has 0 spiro atoms. The number of carbonyl (C=O) groups is 2. The van der Waals surface area contributed by atoms with Gasteiger partial charge < -0.3 is 15.7 Å². The van der Waals surface area contributed by atoms with E-state index in [9.17, 15) is 9.59 Å². The van der Waals surface area contributed by atoms with E-state index in [0.29, 0.717) is 12.8 Å². The highest BCUT2D eigenvalue weighted by molar-refractivity contribution is 9.10. The maximum atomic E-state index is 11.8. The van der Waals surface area contributed by atoms with E-state index in [1.807, 2.05) is 38.1 Å². The number of amides is 2. The van der Waals surface area contributed by atoms with Crippen molar-refractivity contribution in [1.29, 1.82) is 0 Å². The Balaban J connectivity index is 2.56. The first kappa shape index (κ1) is 16.5. The van der Waals surface area contributed by atoms with Crippen LogP contribution in [-0.2, 0) is 4.79 Å². The summed E-state index contributed by atoms with van der Waals surface area (Å²) < 4.78 is 0.965. The quantitative estimate of drug-likeness (QED) is 0.743. The Labute approximate surface area is 126 Å². The van der Waals surface area contributed by atoms with Crippen LogP contribution < -0.4 is 10.6 Å². The average Bonchev–Trinajstić information content (AvgIpc) is 2.38. The molecule has 5 nitrogen and oxygen atoms in total. The lowest BCUT2D eigenvalue weighted by atomic mass is 10.1. The van der Waals surface area contributed by atoms with Crippen molar-refractivity contribution in [3.05, 3.63) is 34.3 Å².